The number of rotatable bonds is 1. The number of nitrogens with zero attached hydrogens (tertiary/aromatic N) is 5. The molecule has 0 spiro atoms. The van der Waals surface area contributed by atoms with Crippen LogP contribution in [0.2, 0.25) is 0 Å². The van der Waals surface area contributed by atoms with Gasteiger partial charge in [0.05, 0.1) is 7.05 Å². The number of hydrogen-bond donors (Lipinski definition) is 0. The number of hydrogen-bond acceptors (Lipinski definition) is 5. The van der Waals surface area contributed by atoms with E-state index in [-0.39, 0.29) is 12.0 Å². The van der Waals surface area contributed by atoms with Gasteiger partial charge in [-0.2, -0.15) is 4.80 Å². The Kier molecular flexibility index (Phi) is 3.23. The molecule has 1 atom stereocenters. The van der Waals surface area contributed by atoms with Gasteiger partial charge in [0.2, 0.25) is 0 Å². The molecular weight excluding hydrogens is 234 g/mol. The summed E-state index contributed by atoms with van der Waals surface area (Å²) in [4.78, 5) is 15.0. The van der Waals surface area contributed by atoms with Gasteiger partial charge in [0.15, 0.2) is 5.82 Å². The fraction of sp³-hybridized carbons (Fsp3) is 0.818. The number of tetrazole rings is 1. The molecule has 1 saturated heterocycles. The Hall–Kier alpha value is -1.66. The SMILES string of the molecule is Cn1nnc(C2CCN(C(=O)OC(C)(C)C)C2)n1. The number of carbonyl (C=O) groups excluding carboxylic acids is 1. The average Bonchev–Trinajstić information content (AvgIpc) is 2.82. The van der Waals surface area contributed by atoms with Crippen molar-refractivity contribution in [2.45, 2.75) is 38.7 Å². The highest BCUT2D eigenvalue weighted by Crippen LogP contribution is 2.25. The van der Waals surface area contributed by atoms with Crippen LogP contribution < -0.4 is 0 Å². The molecule has 0 aliphatic carbocycles. The zero-order valence-corrected chi connectivity index (χ0v) is 11.3. The van der Waals surface area contributed by atoms with Crippen LogP contribution in [0, 0.1) is 0 Å². The van der Waals surface area contributed by atoms with E-state index in [1.165, 1.54) is 4.80 Å². The molecule has 1 unspecified atom stereocenters. The molecule has 18 heavy (non-hydrogen) atoms. The number of aromatic nitrogens is 4. The second-order valence-electron chi connectivity index (χ2n) is 5.55. The van der Waals surface area contributed by atoms with Gasteiger partial charge >= 0.3 is 6.09 Å². The van der Waals surface area contributed by atoms with Crippen LogP contribution in [0.4, 0.5) is 4.79 Å². The standard InChI is InChI=1S/C11H19N5O2/c1-11(2,3)18-10(17)16-6-5-8(7-16)9-12-14-15(4)13-9/h8H,5-7H2,1-4H3. The van der Waals surface area contributed by atoms with Gasteiger partial charge in [-0.1, -0.05) is 0 Å². The van der Waals surface area contributed by atoms with Gasteiger partial charge in [0.1, 0.15) is 5.60 Å². The number of aryl methyl sites for hydroxylation is 1. The van der Waals surface area contributed by atoms with Gasteiger partial charge in [-0.25, -0.2) is 4.79 Å². The molecule has 0 bridgehead atoms. The Morgan fingerprint density at radius 1 is 1.44 bits per heavy atom. The van der Waals surface area contributed by atoms with Crippen LogP contribution in [0.1, 0.15) is 38.9 Å². The molecule has 7 heteroatoms. The smallest absolute Gasteiger partial charge is 0.410 e. The van der Waals surface area contributed by atoms with E-state index in [9.17, 15) is 4.79 Å². The first-order valence-electron chi connectivity index (χ1n) is 6.07. The minimum Gasteiger partial charge on any atom is -0.444 e. The fourth-order valence-electron chi connectivity index (χ4n) is 1.93. The first-order chi connectivity index (χ1) is 8.35. The Bertz CT molecular complexity index is 437. The van der Waals surface area contributed by atoms with E-state index in [1.54, 1.807) is 11.9 Å². The van der Waals surface area contributed by atoms with Gasteiger partial charge in [-0.3, -0.25) is 0 Å². The van der Waals surface area contributed by atoms with Crippen LogP contribution in [0.3, 0.4) is 0 Å². The van der Waals surface area contributed by atoms with E-state index in [4.69, 9.17) is 4.74 Å². The summed E-state index contributed by atoms with van der Waals surface area (Å²) in [6, 6.07) is 0. The summed E-state index contributed by atoms with van der Waals surface area (Å²) in [5.41, 5.74) is -0.458. The van der Waals surface area contributed by atoms with Gasteiger partial charge in [0.25, 0.3) is 0 Å². The maximum atomic E-state index is 11.9. The normalized spacial score (nSPS) is 20.2. The molecule has 100 valence electrons. The van der Waals surface area contributed by atoms with Crippen molar-refractivity contribution in [2.24, 2.45) is 7.05 Å². The summed E-state index contributed by atoms with van der Waals surface area (Å²) in [5, 5.41) is 12.0. The molecule has 0 saturated carbocycles. The first-order valence-corrected chi connectivity index (χ1v) is 6.07. The van der Waals surface area contributed by atoms with Crippen molar-refractivity contribution >= 4 is 6.09 Å². The topological polar surface area (TPSA) is 73.1 Å². The molecule has 1 aromatic rings. The minimum atomic E-state index is -0.458. The predicted molar refractivity (Wildman–Crippen MR) is 64.0 cm³/mol. The van der Waals surface area contributed by atoms with Crippen LogP contribution in [0.25, 0.3) is 0 Å². The molecule has 0 N–H and O–H groups in total. The largest absolute Gasteiger partial charge is 0.444 e. The molecule has 0 aromatic carbocycles. The third kappa shape index (κ3) is 2.96. The molecule has 1 aliphatic heterocycles. The van der Waals surface area contributed by atoms with Crippen molar-refractivity contribution in [3.05, 3.63) is 5.82 Å². The second-order valence-corrected chi connectivity index (χ2v) is 5.55. The van der Waals surface area contributed by atoms with Crippen LogP contribution in [-0.4, -0.2) is 49.9 Å². The molecule has 1 aliphatic rings. The minimum absolute atomic E-state index is 0.159. The molecule has 1 amide bonds. The van der Waals surface area contributed by atoms with E-state index in [0.717, 1.165) is 6.42 Å². The third-order valence-corrected chi connectivity index (χ3v) is 2.73. The van der Waals surface area contributed by atoms with Crippen molar-refractivity contribution < 1.29 is 9.53 Å². The summed E-state index contributed by atoms with van der Waals surface area (Å²) in [6.45, 7) is 6.87. The van der Waals surface area contributed by atoms with Gasteiger partial charge in [-0.05, 0) is 32.4 Å². The number of carbonyl (C=O) groups is 1. The lowest BCUT2D eigenvalue weighted by molar-refractivity contribution is 0.0292. The monoisotopic (exact) mass is 253 g/mol. The number of likely N-dealkylation sites (tertiary alicyclic amines) is 1. The molecule has 1 fully saturated rings. The van der Waals surface area contributed by atoms with Crippen LogP contribution in [0.15, 0.2) is 0 Å². The Labute approximate surface area is 106 Å². The molecular formula is C11H19N5O2. The Morgan fingerprint density at radius 3 is 2.72 bits per heavy atom. The van der Waals surface area contributed by atoms with Gasteiger partial charge in [0, 0.05) is 19.0 Å². The molecule has 2 heterocycles. The van der Waals surface area contributed by atoms with Crippen molar-refractivity contribution in [1.82, 2.24) is 25.1 Å². The second kappa shape index (κ2) is 4.55. The Morgan fingerprint density at radius 2 is 2.17 bits per heavy atom. The Balaban J connectivity index is 1.94. The number of ether oxygens (including phenoxy) is 1. The number of amides is 1. The first kappa shape index (κ1) is 12.8. The van der Waals surface area contributed by atoms with Crippen LogP contribution in [-0.2, 0) is 11.8 Å². The maximum Gasteiger partial charge on any atom is 0.410 e. The summed E-state index contributed by atoms with van der Waals surface area (Å²) < 4.78 is 5.34. The van der Waals surface area contributed by atoms with E-state index < -0.39 is 5.60 Å². The summed E-state index contributed by atoms with van der Waals surface area (Å²) in [6.07, 6.45) is 0.583. The third-order valence-electron chi connectivity index (χ3n) is 2.73. The highest BCUT2D eigenvalue weighted by Gasteiger charge is 2.32. The summed E-state index contributed by atoms with van der Waals surface area (Å²) >= 11 is 0. The highest BCUT2D eigenvalue weighted by atomic mass is 16.6. The van der Waals surface area contributed by atoms with E-state index in [1.807, 2.05) is 20.8 Å². The fourth-order valence-corrected chi connectivity index (χ4v) is 1.93. The van der Waals surface area contributed by atoms with E-state index >= 15 is 0 Å². The van der Waals surface area contributed by atoms with Crippen molar-refractivity contribution in [3.63, 3.8) is 0 Å². The zero-order valence-electron chi connectivity index (χ0n) is 11.3. The van der Waals surface area contributed by atoms with Crippen LogP contribution >= 0.6 is 0 Å². The molecule has 2 rings (SSSR count). The summed E-state index contributed by atoms with van der Waals surface area (Å²) in [5.74, 6) is 0.856. The highest BCUT2D eigenvalue weighted by molar-refractivity contribution is 5.68. The van der Waals surface area contributed by atoms with Gasteiger partial charge < -0.3 is 9.64 Å². The molecule has 1 aromatic heterocycles. The average molecular weight is 253 g/mol. The van der Waals surface area contributed by atoms with Crippen molar-refractivity contribution in [1.29, 1.82) is 0 Å². The van der Waals surface area contributed by atoms with Crippen molar-refractivity contribution in [2.75, 3.05) is 13.1 Å². The predicted octanol–water partition coefficient (Wildman–Crippen LogP) is 0.934. The lowest BCUT2D eigenvalue weighted by Crippen LogP contribution is -2.35. The van der Waals surface area contributed by atoms with Crippen LogP contribution in [0.5, 0.6) is 0 Å². The van der Waals surface area contributed by atoms with E-state index in [2.05, 4.69) is 15.4 Å². The maximum absolute atomic E-state index is 11.9. The lowest BCUT2D eigenvalue weighted by Gasteiger charge is -2.24. The van der Waals surface area contributed by atoms with Crippen molar-refractivity contribution in [3.8, 4) is 0 Å². The zero-order chi connectivity index (χ0) is 13.3. The summed E-state index contributed by atoms with van der Waals surface area (Å²) in [7, 11) is 1.73. The quantitative estimate of drug-likeness (QED) is 0.744. The lowest BCUT2D eigenvalue weighted by atomic mass is 10.1. The molecule has 0 radical (unpaired) electrons. The van der Waals surface area contributed by atoms with E-state index in [0.29, 0.717) is 18.9 Å². The van der Waals surface area contributed by atoms with Gasteiger partial charge in [-0.15, -0.1) is 10.2 Å². The molecule has 7 nitrogen and oxygen atoms in total.